The molecule has 0 bridgehead atoms. The molecule has 10 heteroatoms. The zero-order valence-corrected chi connectivity index (χ0v) is 22.0. The molecule has 3 fully saturated rings. The molecule has 31 heavy (non-hydrogen) atoms. The number of fused-ring (bicyclic) bond motifs is 1. The fourth-order valence-corrected chi connectivity index (χ4v) is 7.12. The zero-order valence-electron chi connectivity index (χ0n) is 20.1. The molecule has 0 aromatic carbocycles. The molecule has 3 aliphatic rings. The summed E-state index contributed by atoms with van der Waals surface area (Å²) in [6.45, 7) is 11.8. The van der Waals surface area contributed by atoms with Gasteiger partial charge in [-0.3, -0.25) is 4.57 Å². The Hall–Kier alpha value is 0.167. The second-order valence-corrected chi connectivity index (χ2v) is 17.7. The van der Waals surface area contributed by atoms with Gasteiger partial charge in [-0.1, -0.05) is 20.8 Å². The van der Waals surface area contributed by atoms with Crippen LogP contribution in [0.3, 0.4) is 0 Å². The second-order valence-electron chi connectivity index (χ2n) is 10.7. The molecule has 1 N–H and O–H groups in total. The minimum Gasteiger partial charge on any atom is -0.411 e. The van der Waals surface area contributed by atoms with Crippen LogP contribution in [0, 0.1) is 5.92 Å². The van der Waals surface area contributed by atoms with E-state index in [9.17, 15) is 9.67 Å². The van der Waals surface area contributed by atoms with Gasteiger partial charge >= 0.3 is 7.60 Å². The molecular weight excluding hydrogens is 439 g/mol. The fourth-order valence-electron chi connectivity index (χ4n) is 4.54. The molecule has 0 aromatic heterocycles. The molecule has 0 spiro atoms. The minimum atomic E-state index is -3.42. The third-order valence-electron chi connectivity index (χ3n) is 7.35. The first-order chi connectivity index (χ1) is 14.3. The van der Waals surface area contributed by atoms with Crippen LogP contribution >= 0.6 is 7.60 Å². The van der Waals surface area contributed by atoms with E-state index in [0.717, 1.165) is 25.9 Å². The summed E-state index contributed by atoms with van der Waals surface area (Å²) in [6.07, 6.45) is 2.92. The van der Waals surface area contributed by atoms with Gasteiger partial charge in [-0.2, -0.15) is 0 Å². The molecule has 0 radical (unpaired) electrons. The Kier molecular flexibility index (Phi) is 7.84. The summed E-state index contributed by atoms with van der Waals surface area (Å²) < 4.78 is 47.8. The molecule has 2 saturated heterocycles. The molecule has 2 heterocycles. The van der Waals surface area contributed by atoms with Crippen LogP contribution in [0.15, 0.2) is 0 Å². The molecule has 3 unspecified atom stereocenters. The molecule has 3 rings (SSSR count). The van der Waals surface area contributed by atoms with Crippen LogP contribution in [-0.2, 0) is 32.2 Å². The third kappa shape index (κ3) is 5.81. The summed E-state index contributed by atoms with van der Waals surface area (Å²) in [6, 6.07) is 0. The standard InChI is InChI=1S/C21H41O8PSi/c1-20(2,3)31(6,7)29-19-15-13-21(22,14-30(23,24-4)25-5)28-16(15)12-17(19)27-18-10-8-9-11-26-18/h15-19,22H,8-14H2,1-7H3/t15-,16-,17+,18?,19?,21?/m0/s1. The maximum Gasteiger partial charge on any atom is 0.335 e. The number of rotatable bonds is 8. The predicted molar refractivity (Wildman–Crippen MR) is 120 cm³/mol. The summed E-state index contributed by atoms with van der Waals surface area (Å²) in [5, 5.41) is 11.2. The molecule has 1 saturated carbocycles. The minimum absolute atomic E-state index is 0.0363. The number of aliphatic hydroxyl groups is 1. The van der Waals surface area contributed by atoms with E-state index in [4.69, 9.17) is 27.7 Å². The maximum atomic E-state index is 12.7. The predicted octanol–water partition coefficient (Wildman–Crippen LogP) is 4.27. The molecular formula is C21H41O8PSi. The topological polar surface area (TPSA) is 92.7 Å². The SMILES string of the molecule is COP(=O)(CC1(O)C[C@@H]2C(O[Si](C)(C)C(C)(C)C)[C@H](OC3CCCCO3)C[C@@H]2O1)OC. The van der Waals surface area contributed by atoms with Gasteiger partial charge in [-0.05, 0) is 37.4 Å². The summed E-state index contributed by atoms with van der Waals surface area (Å²) in [4.78, 5) is 0. The van der Waals surface area contributed by atoms with Crippen LogP contribution < -0.4 is 0 Å². The summed E-state index contributed by atoms with van der Waals surface area (Å²) >= 11 is 0. The van der Waals surface area contributed by atoms with E-state index in [1.165, 1.54) is 14.2 Å². The van der Waals surface area contributed by atoms with Gasteiger partial charge in [0.2, 0.25) is 0 Å². The van der Waals surface area contributed by atoms with Crippen LogP contribution in [0.4, 0.5) is 0 Å². The summed E-state index contributed by atoms with van der Waals surface area (Å²) in [5.41, 5.74) is 0. The van der Waals surface area contributed by atoms with Crippen molar-refractivity contribution in [2.75, 3.05) is 27.0 Å². The van der Waals surface area contributed by atoms with E-state index in [2.05, 4.69) is 33.9 Å². The molecule has 2 aliphatic heterocycles. The monoisotopic (exact) mass is 480 g/mol. The normalized spacial score (nSPS) is 37.2. The van der Waals surface area contributed by atoms with Crippen LogP contribution in [-0.4, -0.2) is 70.8 Å². The smallest absolute Gasteiger partial charge is 0.335 e. The Morgan fingerprint density at radius 1 is 1.19 bits per heavy atom. The first-order valence-electron chi connectivity index (χ1n) is 11.4. The molecule has 8 nitrogen and oxygen atoms in total. The van der Waals surface area contributed by atoms with Crippen molar-refractivity contribution in [3.05, 3.63) is 0 Å². The van der Waals surface area contributed by atoms with Crippen molar-refractivity contribution in [3.8, 4) is 0 Å². The fraction of sp³-hybridized carbons (Fsp3) is 1.00. The van der Waals surface area contributed by atoms with E-state index in [-0.39, 0.29) is 41.7 Å². The second kappa shape index (κ2) is 9.43. The van der Waals surface area contributed by atoms with Crippen molar-refractivity contribution in [1.29, 1.82) is 0 Å². The van der Waals surface area contributed by atoms with Crippen molar-refractivity contribution < 1.29 is 37.4 Å². The van der Waals surface area contributed by atoms with E-state index in [1.54, 1.807) is 0 Å². The average Bonchev–Trinajstić information content (AvgIpc) is 3.15. The Bertz CT molecular complexity index is 654. The molecule has 0 aromatic rings. The maximum absolute atomic E-state index is 12.7. The van der Waals surface area contributed by atoms with Gasteiger partial charge in [0.25, 0.3) is 0 Å². The lowest BCUT2D eigenvalue weighted by Crippen LogP contribution is -2.49. The largest absolute Gasteiger partial charge is 0.411 e. The van der Waals surface area contributed by atoms with Gasteiger partial charge in [-0.15, -0.1) is 0 Å². The molecule has 1 aliphatic carbocycles. The van der Waals surface area contributed by atoms with E-state index in [1.807, 2.05) is 0 Å². The lowest BCUT2D eigenvalue weighted by atomic mass is 9.98. The number of hydrogen-bond acceptors (Lipinski definition) is 8. The summed E-state index contributed by atoms with van der Waals surface area (Å²) in [7, 11) is -2.89. The van der Waals surface area contributed by atoms with Crippen LogP contribution in [0.2, 0.25) is 18.1 Å². The Labute approximate surface area is 187 Å². The van der Waals surface area contributed by atoms with Crippen molar-refractivity contribution in [2.45, 2.75) is 101 Å². The van der Waals surface area contributed by atoms with Gasteiger partial charge in [0.1, 0.15) is 6.16 Å². The highest BCUT2D eigenvalue weighted by atomic mass is 31.2. The van der Waals surface area contributed by atoms with Crippen molar-refractivity contribution in [1.82, 2.24) is 0 Å². The Morgan fingerprint density at radius 2 is 1.87 bits per heavy atom. The van der Waals surface area contributed by atoms with E-state index < -0.39 is 21.7 Å². The number of ether oxygens (including phenoxy) is 3. The number of hydrogen-bond donors (Lipinski definition) is 1. The third-order valence-corrected chi connectivity index (χ3v) is 13.8. The van der Waals surface area contributed by atoms with Crippen LogP contribution in [0.5, 0.6) is 0 Å². The highest BCUT2D eigenvalue weighted by Gasteiger charge is 2.59. The van der Waals surface area contributed by atoms with Gasteiger partial charge in [0.15, 0.2) is 20.4 Å². The van der Waals surface area contributed by atoms with Crippen LogP contribution in [0.25, 0.3) is 0 Å². The lowest BCUT2D eigenvalue weighted by molar-refractivity contribution is -0.213. The van der Waals surface area contributed by atoms with Gasteiger partial charge in [-0.25, -0.2) is 0 Å². The summed E-state index contributed by atoms with van der Waals surface area (Å²) in [5.74, 6) is -1.63. The average molecular weight is 481 g/mol. The van der Waals surface area contributed by atoms with Crippen molar-refractivity contribution in [2.24, 2.45) is 5.92 Å². The highest BCUT2D eigenvalue weighted by Crippen LogP contribution is 2.55. The first kappa shape index (κ1) is 25.8. The molecule has 6 atom stereocenters. The van der Waals surface area contributed by atoms with Gasteiger partial charge in [0, 0.05) is 39.6 Å². The van der Waals surface area contributed by atoms with E-state index in [0.29, 0.717) is 12.8 Å². The van der Waals surface area contributed by atoms with Crippen molar-refractivity contribution >= 4 is 15.9 Å². The highest BCUT2D eigenvalue weighted by molar-refractivity contribution is 7.53. The van der Waals surface area contributed by atoms with Gasteiger partial charge in [0.05, 0.1) is 18.3 Å². The quantitative estimate of drug-likeness (QED) is 0.407. The van der Waals surface area contributed by atoms with Crippen LogP contribution in [0.1, 0.15) is 52.9 Å². The zero-order chi connectivity index (χ0) is 23.1. The molecule has 182 valence electrons. The Balaban J connectivity index is 1.78. The van der Waals surface area contributed by atoms with Gasteiger partial charge < -0.3 is 32.8 Å². The Morgan fingerprint density at radius 3 is 2.42 bits per heavy atom. The van der Waals surface area contributed by atoms with E-state index >= 15 is 0 Å². The first-order valence-corrected chi connectivity index (χ1v) is 16.0. The molecule has 0 amide bonds. The van der Waals surface area contributed by atoms with Crippen molar-refractivity contribution in [3.63, 3.8) is 0 Å². The lowest BCUT2D eigenvalue weighted by Gasteiger charge is -2.41.